The fourth-order valence-corrected chi connectivity index (χ4v) is 8.02. The Labute approximate surface area is 284 Å². The Morgan fingerprint density at radius 2 is 1.69 bits per heavy atom. The summed E-state index contributed by atoms with van der Waals surface area (Å²) in [5.41, 5.74) is 6.40. The van der Waals surface area contributed by atoms with Gasteiger partial charge in [-0.05, 0) is 89.6 Å². The van der Waals surface area contributed by atoms with E-state index in [9.17, 15) is 4.79 Å². The largest absolute Gasteiger partial charge is 0.512 e. The molecule has 1 N–H and O–H groups in total. The van der Waals surface area contributed by atoms with E-state index in [4.69, 9.17) is 5.11 Å². The fraction of sp³-hybridized carbons (Fsp3) is 0.275. The molecule has 45 heavy (non-hydrogen) atoms. The Bertz CT molecular complexity index is 2050. The van der Waals surface area contributed by atoms with Crippen LogP contribution >= 0.6 is 11.3 Å². The van der Waals surface area contributed by atoms with Gasteiger partial charge in [0, 0.05) is 43.3 Å². The third kappa shape index (κ3) is 6.72. The summed E-state index contributed by atoms with van der Waals surface area (Å²) in [7, 11) is 4.65. The second-order valence-corrected chi connectivity index (χ2v) is 13.6. The van der Waals surface area contributed by atoms with Gasteiger partial charge in [-0.25, -0.2) is 0 Å². The molecule has 0 amide bonds. The number of nitrogens with zero attached hydrogens (tertiary/aromatic N) is 1. The number of thiophene rings is 1. The van der Waals surface area contributed by atoms with Gasteiger partial charge in [0.25, 0.3) is 0 Å². The normalized spacial score (nSPS) is 13.8. The Kier molecular flexibility index (Phi) is 10.1. The average Bonchev–Trinajstić information content (AvgIpc) is 3.65. The fourth-order valence-electron chi connectivity index (χ4n) is 6.83. The number of aliphatic hydroxyl groups is 1. The van der Waals surface area contributed by atoms with Crippen molar-refractivity contribution in [3.05, 3.63) is 109 Å². The number of hydrogen-bond donors (Lipinski definition) is 1. The Morgan fingerprint density at radius 3 is 2.36 bits per heavy atom. The van der Waals surface area contributed by atoms with Crippen LogP contribution in [0.15, 0.2) is 84.6 Å². The molecule has 2 aromatic heterocycles. The average molecular weight is 791 g/mol. The standard InChI is InChI=1S/C35H32NS.C5H8O2.Ir/c1-22(2)18-23-19-29-27-14-8-9-15-33(27)37-35(29)30(20-23)32-21-28(24-10-4-5-11-24)34-26-13-7-6-12-25(26)16-17-31(34)36(32)3;1-4(6)3-5(2)7;/h6-9,12-17,19,21-22,24H,3-5,10-11,18H2,1-2H3;3,6H,1-2H3;/q-1;;/b;4-3-;. The first kappa shape index (κ1) is 32.9. The molecule has 0 bridgehead atoms. The first-order valence-electron chi connectivity index (χ1n) is 15.7. The number of hydrogen-bond acceptors (Lipinski definition) is 3. The van der Waals surface area contributed by atoms with E-state index in [1.807, 2.05) is 11.3 Å². The predicted molar refractivity (Wildman–Crippen MR) is 186 cm³/mol. The minimum Gasteiger partial charge on any atom is -0.512 e. The van der Waals surface area contributed by atoms with Crippen LogP contribution in [-0.4, -0.2) is 10.9 Å². The summed E-state index contributed by atoms with van der Waals surface area (Å²) in [4.78, 5) is 10.0. The van der Waals surface area contributed by atoms with Crippen LogP contribution in [0.1, 0.15) is 70.4 Å². The molecule has 0 spiro atoms. The van der Waals surface area contributed by atoms with Crippen LogP contribution in [0.5, 0.6) is 0 Å². The van der Waals surface area contributed by atoms with Crippen molar-refractivity contribution >= 4 is 59.0 Å². The Morgan fingerprint density at radius 1 is 1.00 bits per heavy atom. The van der Waals surface area contributed by atoms with Gasteiger partial charge in [0.15, 0.2) is 5.78 Å². The molecule has 4 aromatic carbocycles. The second-order valence-electron chi connectivity index (χ2n) is 12.6. The predicted octanol–water partition coefficient (Wildman–Crippen LogP) is 10.6. The van der Waals surface area contributed by atoms with Gasteiger partial charge in [0.05, 0.1) is 5.76 Å². The number of fused-ring (bicyclic) bond motifs is 6. The summed E-state index contributed by atoms with van der Waals surface area (Å²) in [6.07, 6.45) is 7.38. The Hall–Kier alpha value is -3.50. The van der Waals surface area contributed by atoms with E-state index in [2.05, 4.69) is 104 Å². The van der Waals surface area contributed by atoms with E-state index in [0.29, 0.717) is 11.8 Å². The van der Waals surface area contributed by atoms with Crippen LogP contribution in [-0.2, 0) is 31.3 Å². The molecule has 0 atom stereocenters. The molecule has 0 unspecified atom stereocenters. The van der Waals surface area contributed by atoms with Gasteiger partial charge in [0.1, 0.15) is 11.2 Å². The molecule has 2 heterocycles. The zero-order valence-electron chi connectivity index (χ0n) is 26.4. The van der Waals surface area contributed by atoms with Gasteiger partial charge in [-0.2, -0.15) is 11.3 Å². The van der Waals surface area contributed by atoms with Crippen LogP contribution in [0, 0.1) is 19.0 Å². The zero-order valence-corrected chi connectivity index (χ0v) is 29.7. The zero-order chi connectivity index (χ0) is 31.0. The number of rotatable bonds is 5. The first-order chi connectivity index (χ1) is 21.2. The van der Waals surface area contributed by atoms with Crippen molar-refractivity contribution in [2.75, 3.05) is 0 Å². The topological polar surface area (TPSA) is 41.2 Å². The van der Waals surface area contributed by atoms with Crippen molar-refractivity contribution < 1.29 is 34.6 Å². The van der Waals surface area contributed by atoms with Crippen molar-refractivity contribution in [3.8, 4) is 11.3 Å². The minimum absolute atomic E-state index is 0. The summed E-state index contributed by atoms with van der Waals surface area (Å²) in [6, 6.07) is 31.0. The van der Waals surface area contributed by atoms with Crippen molar-refractivity contribution in [2.45, 2.75) is 65.7 Å². The van der Waals surface area contributed by atoms with E-state index in [1.165, 1.54) is 110 Å². The smallest absolute Gasteiger partial charge is 0.155 e. The summed E-state index contributed by atoms with van der Waals surface area (Å²) in [5.74, 6) is 1.12. The van der Waals surface area contributed by atoms with Crippen molar-refractivity contribution in [3.63, 3.8) is 0 Å². The molecular formula is C40H40IrNO2S-. The molecule has 0 aliphatic heterocycles. The van der Waals surface area contributed by atoms with Crippen LogP contribution in [0.25, 0.3) is 53.1 Å². The van der Waals surface area contributed by atoms with E-state index in [-0.39, 0.29) is 31.6 Å². The maximum Gasteiger partial charge on any atom is 0.155 e. The maximum absolute atomic E-state index is 10.0. The number of ketones is 1. The van der Waals surface area contributed by atoms with E-state index >= 15 is 0 Å². The van der Waals surface area contributed by atoms with Crippen LogP contribution in [0.4, 0.5) is 0 Å². The molecule has 3 nitrogen and oxygen atoms in total. The molecule has 1 aliphatic rings. The number of aliphatic hydroxyl groups excluding tert-OH is 1. The third-order valence-corrected chi connectivity index (χ3v) is 9.83. The van der Waals surface area contributed by atoms with E-state index in [1.54, 1.807) is 0 Å². The van der Waals surface area contributed by atoms with Gasteiger partial charge in [-0.3, -0.25) is 4.79 Å². The number of aromatic nitrogens is 1. The first-order valence-corrected chi connectivity index (χ1v) is 16.5. The van der Waals surface area contributed by atoms with Gasteiger partial charge in [-0.1, -0.05) is 86.2 Å². The van der Waals surface area contributed by atoms with E-state index in [0.717, 1.165) is 6.42 Å². The Balaban J connectivity index is 0.000000452. The third-order valence-electron chi connectivity index (χ3n) is 8.63. The van der Waals surface area contributed by atoms with Gasteiger partial charge in [0.2, 0.25) is 0 Å². The van der Waals surface area contributed by atoms with Crippen LogP contribution in [0.2, 0.25) is 0 Å². The number of pyridine rings is 1. The molecule has 1 aliphatic carbocycles. The molecular weight excluding hydrogens is 751 g/mol. The maximum atomic E-state index is 10.0. The molecule has 1 saturated carbocycles. The van der Waals surface area contributed by atoms with Crippen molar-refractivity contribution in [1.29, 1.82) is 0 Å². The number of allylic oxidation sites excluding steroid dienone is 2. The molecule has 5 heteroatoms. The molecule has 233 valence electrons. The van der Waals surface area contributed by atoms with Gasteiger partial charge >= 0.3 is 0 Å². The SMILES string of the molecule is CC(=O)/C=C(/C)O.[CH2-][n+]1c(-c2[c-]c(CC(C)C)cc3c2sc2ccccc23)cc(C2CCCC2)c2c3ccccc3ccc21.[Ir]. The van der Waals surface area contributed by atoms with Crippen molar-refractivity contribution in [1.82, 2.24) is 0 Å². The van der Waals surface area contributed by atoms with E-state index < -0.39 is 0 Å². The number of carbonyl (C=O) groups excluding carboxylic acids is 1. The molecule has 7 rings (SSSR count). The van der Waals surface area contributed by atoms with Crippen LogP contribution in [0.3, 0.4) is 0 Å². The molecule has 0 saturated heterocycles. The molecule has 1 radical (unpaired) electrons. The summed E-state index contributed by atoms with van der Waals surface area (Å²) < 4.78 is 4.85. The second kappa shape index (κ2) is 13.9. The summed E-state index contributed by atoms with van der Waals surface area (Å²) >= 11 is 1.89. The summed E-state index contributed by atoms with van der Waals surface area (Å²) in [5, 5.41) is 15.1. The minimum atomic E-state index is -0.125. The number of carbonyl (C=O) groups is 1. The molecule has 1 fully saturated rings. The van der Waals surface area contributed by atoms with Gasteiger partial charge < -0.3 is 9.67 Å². The number of benzene rings is 4. The summed E-state index contributed by atoms with van der Waals surface area (Å²) in [6.45, 7) is 7.44. The van der Waals surface area contributed by atoms with Crippen LogP contribution < -0.4 is 4.57 Å². The monoisotopic (exact) mass is 791 g/mol. The quantitative estimate of drug-likeness (QED) is 0.0621. The van der Waals surface area contributed by atoms with Gasteiger partial charge in [-0.15, -0.1) is 17.7 Å². The molecule has 6 aromatic rings. The van der Waals surface area contributed by atoms with Crippen molar-refractivity contribution in [2.24, 2.45) is 5.92 Å².